The average molecular weight is 331 g/mol. The van der Waals surface area contributed by atoms with Crippen molar-refractivity contribution >= 4 is 10.9 Å². The third-order valence-corrected chi connectivity index (χ3v) is 5.75. The molecule has 1 atom stereocenters. The van der Waals surface area contributed by atoms with Crippen molar-refractivity contribution in [2.24, 2.45) is 5.41 Å². The SMILES string of the molecule is Cc1nc(CO)cc(-n2ncc3ccc(C4(C#N)CC45CC5)cc32)n1. The van der Waals surface area contributed by atoms with Crippen molar-refractivity contribution in [1.29, 1.82) is 5.26 Å². The summed E-state index contributed by atoms with van der Waals surface area (Å²) in [5.74, 6) is 1.22. The lowest BCUT2D eigenvalue weighted by molar-refractivity contribution is 0.276. The van der Waals surface area contributed by atoms with Crippen LogP contribution in [0.25, 0.3) is 16.7 Å². The second kappa shape index (κ2) is 4.64. The zero-order valence-electron chi connectivity index (χ0n) is 13.9. The summed E-state index contributed by atoms with van der Waals surface area (Å²) in [5, 5.41) is 24.6. The maximum absolute atomic E-state index is 9.78. The minimum atomic E-state index is -0.325. The van der Waals surface area contributed by atoms with Crippen LogP contribution in [0.4, 0.5) is 0 Å². The molecule has 2 saturated carbocycles. The fourth-order valence-corrected chi connectivity index (χ4v) is 4.12. The van der Waals surface area contributed by atoms with E-state index in [0.717, 1.165) is 35.7 Å². The van der Waals surface area contributed by atoms with Crippen molar-refractivity contribution in [3.05, 3.63) is 47.5 Å². The van der Waals surface area contributed by atoms with Gasteiger partial charge in [-0.15, -0.1) is 0 Å². The van der Waals surface area contributed by atoms with Crippen molar-refractivity contribution in [3.8, 4) is 11.9 Å². The van der Waals surface area contributed by atoms with E-state index >= 15 is 0 Å². The van der Waals surface area contributed by atoms with E-state index in [4.69, 9.17) is 0 Å². The number of aromatic nitrogens is 4. The van der Waals surface area contributed by atoms with Crippen LogP contribution in [0.2, 0.25) is 0 Å². The molecule has 1 N–H and O–H groups in total. The van der Waals surface area contributed by atoms with Gasteiger partial charge in [0, 0.05) is 11.5 Å². The Hall–Kier alpha value is -2.78. The minimum Gasteiger partial charge on any atom is -0.390 e. The van der Waals surface area contributed by atoms with E-state index in [2.05, 4.69) is 33.3 Å². The first-order valence-corrected chi connectivity index (χ1v) is 8.46. The third kappa shape index (κ3) is 1.90. The summed E-state index contributed by atoms with van der Waals surface area (Å²) < 4.78 is 1.76. The van der Waals surface area contributed by atoms with Gasteiger partial charge in [0.25, 0.3) is 0 Å². The molecular weight excluding hydrogens is 314 g/mol. The number of hydrogen-bond acceptors (Lipinski definition) is 5. The lowest BCUT2D eigenvalue weighted by Crippen LogP contribution is -2.08. The first-order chi connectivity index (χ1) is 12.1. The molecule has 0 radical (unpaired) electrons. The molecule has 5 rings (SSSR count). The zero-order chi connectivity index (χ0) is 17.2. The molecule has 124 valence electrons. The number of fused-ring (bicyclic) bond motifs is 1. The van der Waals surface area contributed by atoms with Gasteiger partial charge in [-0.25, -0.2) is 14.6 Å². The van der Waals surface area contributed by atoms with Gasteiger partial charge in [-0.1, -0.05) is 12.1 Å². The Bertz CT molecular complexity index is 1060. The topological polar surface area (TPSA) is 87.6 Å². The molecule has 2 aliphatic carbocycles. The van der Waals surface area contributed by atoms with Crippen LogP contribution in [0.1, 0.15) is 36.3 Å². The number of nitrogens with zero attached hydrogens (tertiary/aromatic N) is 5. The molecule has 2 heterocycles. The highest BCUT2D eigenvalue weighted by molar-refractivity contribution is 5.81. The molecular formula is C19H17N5O. The van der Waals surface area contributed by atoms with Crippen LogP contribution in [-0.4, -0.2) is 24.9 Å². The van der Waals surface area contributed by atoms with E-state index in [9.17, 15) is 10.4 Å². The van der Waals surface area contributed by atoms with Crippen LogP contribution in [0.5, 0.6) is 0 Å². The predicted molar refractivity (Wildman–Crippen MR) is 90.9 cm³/mol. The van der Waals surface area contributed by atoms with Crippen molar-refractivity contribution in [2.45, 2.75) is 38.2 Å². The lowest BCUT2D eigenvalue weighted by atomic mass is 9.93. The van der Waals surface area contributed by atoms with Crippen LogP contribution >= 0.6 is 0 Å². The van der Waals surface area contributed by atoms with Gasteiger partial charge in [0.05, 0.1) is 35.5 Å². The quantitative estimate of drug-likeness (QED) is 0.797. The number of nitriles is 1. The molecule has 1 aromatic carbocycles. The van der Waals surface area contributed by atoms with Gasteiger partial charge in [0.2, 0.25) is 0 Å². The molecule has 0 amide bonds. The second-order valence-electron chi connectivity index (χ2n) is 7.23. The molecule has 0 bridgehead atoms. The maximum Gasteiger partial charge on any atom is 0.158 e. The van der Waals surface area contributed by atoms with Gasteiger partial charge >= 0.3 is 0 Å². The normalized spacial score (nSPS) is 22.9. The Balaban J connectivity index is 1.67. The zero-order valence-corrected chi connectivity index (χ0v) is 13.9. The summed E-state index contributed by atoms with van der Waals surface area (Å²) in [6.45, 7) is 1.66. The highest BCUT2D eigenvalue weighted by atomic mass is 16.3. The Morgan fingerprint density at radius 3 is 2.80 bits per heavy atom. The number of aliphatic hydroxyl groups excluding tert-OH is 1. The smallest absolute Gasteiger partial charge is 0.158 e. The standard InChI is InChI=1S/C19H17N5O/c1-12-22-15(9-25)7-17(23-12)24-16-6-14(3-2-13(16)8-21-24)19(11-20)10-18(19)4-5-18/h2-3,6-8,25H,4-5,9-10H2,1H3. The van der Waals surface area contributed by atoms with E-state index in [1.165, 1.54) is 0 Å². The van der Waals surface area contributed by atoms with Crippen LogP contribution in [-0.2, 0) is 12.0 Å². The molecule has 2 fully saturated rings. The largest absolute Gasteiger partial charge is 0.390 e. The molecule has 1 unspecified atom stereocenters. The second-order valence-corrected chi connectivity index (χ2v) is 7.23. The van der Waals surface area contributed by atoms with E-state index < -0.39 is 0 Å². The van der Waals surface area contributed by atoms with Gasteiger partial charge in [0.1, 0.15) is 5.82 Å². The number of rotatable bonds is 3. The summed E-state index contributed by atoms with van der Waals surface area (Å²) in [4.78, 5) is 8.66. The third-order valence-electron chi connectivity index (χ3n) is 5.75. The van der Waals surface area contributed by atoms with Crippen molar-refractivity contribution in [3.63, 3.8) is 0 Å². The molecule has 3 aromatic rings. The van der Waals surface area contributed by atoms with Crippen LogP contribution in [0.15, 0.2) is 30.5 Å². The molecule has 25 heavy (non-hydrogen) atoms. The first-order valence-electron chi connectivity index (χ1n) is 8.46. The number of benzene rings is 1. The lowest BCUT2D eigenvalue weighted by Gasteiger charge is -2.10. The number of hydrogen-bond donors (Lipinski definition) is 1. The Labute approximate surface area is 144 Å². The van der Waals surface area contributed by atoms with E-state index in [1.807, 2.05) is 6.07 Å². The summed E-state index contributed by atoms with van der Waals surface area (Å²) in [5.41, 5.74) is 2.48. The highest BCUT2D eigenvalue weighted by Gasteiger charge is 2.75. The van der Waals surface area contributed by atoms with E-state index in [-0.39, 0.29) is 17.4 Å². The molecule has 6 heteroatoms. The average Bonchev–Trinajstić information content (AvgIpc) is 3.50. The molecule has 6 nitrogen and oxygen atoms in total. The molecule has 0 saturated heterocycles. The first kappa shape index (κ1) is 14.6. The molecule has 1 spiro atoms. The van der Waals surface area contributed by atoms with E-state index in [1.54, 1.807) is 23.9 Å². The number of aliphatic hydroxyl groups is 1. The van der Waals surface area contributed by atoms with Gasteiger partial charge in [-0.05, 0) is 43.2 Å². The highest BCUT2D eigenvalue weighted by Crippen LogP contribution is 2.78. The van der Waals surface area contributed by atoms with Crippen LogP contribution in [0, 0.1) is 23.7 Å². The molecule has 2 aliphatic rings. The van der Waals surface area contributed by atoms with Crippen molar-refractivity contribution in [2.75, 3.05) is 0 Å². The fourth-order valence-electron chi connectivity index (χ4n) is 4.12. The monoisotopic (exact) mass is 331 g/mol. The summed E-state index contributed by atoms with van der Waals surface area (Å²) in [6, 6.07) is 10.5. The van der Waals surface area contributed by atoms with E-state index in [0.29, 0.717) is 17.3 Å². The summed E-state index contributed by atoms with van der Waals surface area (Å²) in [6.07, 6.45) is 5.08. The Morgan fingerprint density at radius 2 is 2.12 bits per heavy atom. The van der Waals surface area contributed by atoms with Crippen LogP contribution < -0.4 is 0 Å². The van der Waals surface area contributed by atoms with Crippen molar-refractivity contribution < 1.29 is 5.11 Å². The number of aryl methyl sites for hydroxylation is 1. The van der Waals surface area contributed by atoms with Gasteiger partial charge in [0.15, 0.2) is 5.82 Å². The van der Waals surface area contributed by atoms with Crippen molar-refractivity contribution in [1.82, 2.24) is 19.7 Å². The van der Waals surface area contributed by atoms with Gasteiger partial charge in [-0.3, -0.25) is 0 Å². The van der Waals surface area contributed by atoms with Crippen LogP contribution in [0.3, 0.4) is 0 Å². The van der Waals surface area contributed by atoms with Gasteiger partial charge < -0.3 is 5.11 Å². The fraction of sp³-hybridized carbons (Fsp3) is 0.368. The Kier molecular flexibility index (Phi) is 2.70. The maximum atomic E-state index is 9.78. The summed E-state index contributed by atoms with van der Waals surface area (Å²) >= 11 is 0. The minimum absolute atomic E-state index is 0.138. The van der Waals surface area contributed by atoms with Gasteiger partial charge in [-0.2, -0.15) is 10.4 Å². The summed E-state index contributed by atoms with van der Waals surface area (Å²) in [7, 11) is 0. The molecule has 2 aromatic heterocycles. The molecule has 0 aliphatic heterocycles. The predicted octanol–water partition coefficient (Wildman–Crippen LogP) is 2.56. The Morgan fingerprint density at radius 1 is 1.28 bits per heavy atom.